The van der Waals surface area contributed by atoms with Crippen LogP contribution in [0.3, 0.4) is 0 Å². The smallest absolute Gasteiger partial charge is 0.157 e. The van der Waals surface area contributed by atoms with E-state index in [1.807, 2.05) is 24.3 Å². The molecule has 1 heterocycles. The molecule has 0 spiro atoms. The van der Waals surface area contributed by atoms with Gasteiger partial charge >= 0.3 is 0 Å². The maximum Gasteiger partial charge on any atom is 0.157 e. The highest BCUT2D eigenvalue weighted by molar-refractivity contribution is 5.74. The molecule has 1 aromatic heterocycles. The lowest BCUT2D eigenvalue weighted by Crippen LogP contribution is -1.91. The fourth-order valence-corrected chi connectivity index (χ4v) is 1.31. The molecule has 0 aliphatic carbocycles. The Balaban J connectivity index is 2.49. The van der Waals surface area contributed by atoms with E-state index in [4.69, 9.17) is 0 Å². The lowest BCUT2D eigenvalue weighted by molar-refractivity contribution is 0.321. The first kappa shape index (κ1) is 8.23. The van der Waals surface area contributed by atoms with Gasteiger partial charge in [0.2, 0.25) is 0 Å². The number of aromatic amines is 1. The van der Waals surface area contributed by atoms with Crippen LogP contribution in [0.5, 0.6) is 0 Å². The van der Waals surface area contributed by atoms with Gasteiger partial charge in [-0.1, -0.05) is 19.1 Å². The molecule has 0 bridgehead atoms. The van der Waals surface area contributed by atoms with Crippen molar-refractivity contribution in [3.63, 3.8) is 0 Å². The molecule has 2 rings (SSSR count). The maximum atomic E-state index is 13.2. The average Bonchev–Trinajstić information content (AvgIpc) is 2.59. The van der Waals surface area contributed by atoms with E-state index in [2.05, 4.69) is 9.97 Å². The third-order valence-electron chi connectivity index (χ3n) is 2.06. The van der Waals surface area contributed by atoms with Crippen molar-refractivity contribution in [3.8, 4) is 0 Å². The summed E-state index contributed by atoms with van der Waals surface area (Å²) in [4.78, 5) is 7.11. The first-order valence-corrected chi connectivity index (χ1v) is 4.40. The first-order chi connectivity index (χ1) is 6.31. The van der Waals surface area contributed by atoms with Crippen LogP contribution in [0.1, 0.15) is 25.3 Å². The number of halogens is 1. The molecule has 0 aliphatic rings. The SMILES string of the molecule is CCC(F)c1nc2ccccc2[nH]1. The number of alkyl halides is 1. The fourth-order valence-electron chi connectivity index (χ4n) is 1.31. The summed E-state index contributed by atoms with van der Waals surface area (Å²) in [5.41, 5.74) is 1.72. The maximum absolute atomic E-state index is 13.2. The fraction of sp³-hybridized carbons (Fsp3) is 0.300. The summed E-state index contributed by atoms with van der Waals surface area (Å²) in [6, 6.07) is 7.57. The topological polar surface area (TPSA) is 28.7 Å². The highest BCUT2D eigenvalue weighted by Crippen LogP contribution is 2.20. The summed E-state index contributed by atoms with van der Waals surface area (Å²) in [5.74, 6) is 0.434. The first-order valence-electron chi connectivity index (χ1n) is 4.40. The lowest BCUT2D eigenvalue weighted by atomic mass is 10.3. The molecule has 3 heteroatoms. The summed E-state index contributed by atoms with van der Waals surface area (Å²) >= 11 is 0. The third kappa shape index (κ3) is 1.41. The Labute approximate surface area is 75.8 Å². The predicted octanol–water partition coefficient (Wildman–Crippen LogP) is 2.98. The van der Waals surface area contributed by atoms with Crippen LogP contribution in [-0.2, 0) is 0 Å². The monoisotopic (exact) mass is 178 g/mol. The van der Waals surface area contributed by atoms with Crippen LogP contribution < -0.4 is 0 Å². The Morgan fingerprint density at radius 1 is 1.46 bits per heavy atom. The molecule has 0 saturated heterocycles. The van der Waals surface area contributed by atoms with Crippen molar-refractivity contribution in [2.45, 2.75) is 19.5 Å². The molecule has 0 fully saturated rings. The highest BCUT2D eigenvalue weighted by Gasteiger charge is 2.11. The second kappa shape index (κ2) is 3.17. The van der Waals surface area contributed by atoms with E-state index >= 15 is 0 Å². The number of hydrogen-bond acceptors (Lipinski definition) is 1. The summed E-state index contributed by atoms with van der Waals surface area (Å²) in [6.45, 7) is 1.80. The Morgan fingerprint density at radius 2 is 2.23 bits per heavy atom. The van der Waals surface area contributed by atoms with E-state index in [9.17, 15) is 4.39 Å². The Bertz CT molecular complexity index is 375. The molecule has 0 aliphatic heterocycles. The normalized spacial score (nSPS) is 13.4. The number of nitrogens with zero attached hydrogens (tertiary/aromatic N) is 1. The zero-order valence-corrected chi connectivity index (χ0v) is 7.42. The van der Waals surface area contributed by atoms with Crippen molar-refractivity contribution < 1.29 is 4.39 Å². The highest BCUT2D eigenvalue weighted by atomic mass is 19.1. The van der Waals surface area contributed by atoms with Crippen LogP contribution in [0, 0.1) is 0 Å². The second-order valence-corrected chi connectivity index (χ2v) is 3.01. The number of hydrogen-bond donors (Lipinski definition) is 1. The van der Waals surface area contributed by atoms with Crippen LogP contribution in [0.4, 0.5) is 4.39 Å². The standard InChI is InChI=1S/C10H11FN2/c1-2-7(11)10-12-8-5-3-4-6-9(8)13-10/h3-7H,2H2,1H3,(H,12,13). The largest absolute Gasteiger partial charge is 0.340 e. The van der Waals surface area contributed by atoms with Gasteiger partial charge in [-0.3, -0.25) is 0 Å². The molecule has 13 heavy (non-hydrogen) atoms. The van der Waals surface area contributed by atoms with Gasteiger partial charge in [0, 0.05) is 0 Å². The Morgan fingerprint density at radius 3 is 2.92 bits per heavy atom. The van der Waals surface area contributed by atoms with Gasteiger partial charge in [0.1, 0.15) is 5.82 Å². The number of para-hydroxylation sites is 2. The summed E-state index contributed by atoms with van der Waals surface area (Å²) in [5, 5.41) is 0. The third-order valence-corrected chi connectivity index (χ3v) is 2.06. The van der Waals surface area contributed by atoms with E-state index in [0.717, 1.165) is 11.0 Å². The van der Waals surface area contributed by atoms with E-state index in [1.165, 1.54) is 0 Å². The van der Waals surface area contributed by atoms with Gasteiger partial charge in [0.15, 0.2) is 6.17 Å². The van der Waals surface area contributed by atoms with Gasteiger partial charge in [-0.2, -0.15) is 0 Å². The molecule has 2 aromatic rings. The van der Waals surface area contributed by atoms with Gasteiger partial charge in [-0.25, -0.2) is 9.37 Å². The number of fused-ring (bicyclic) bond motifs is 1. The van der Waals surface area contributed by atoms with Crippen molar-refractivity contribution in [2.24, 2.45) is 0 Å². The van der Waals surface area contributed by atoms with Crippen molar-refractivity contribution in [1.29, 1.82) is 0 Å². The number of imidazole rings is 1. The number of H-pyrrole nitrogens is 1. The predicted molar refractivity (Wildman–Crippen MR) is 50.2 cm³/mol. The van der Waals surface area contributed by atoms with E-state index < -0.39 is 6.17 Å². The zero-order chi connectivity index (χ0) is 9.26. The molecule has 0 amide bonds. The Hall–Kier alpha value is -1.38. The van der Waals surface area contributed by atoms with Crippen molar-refractivity contribution in [2.75, 3.05) is 0 Å². The minimum atomic E-state index is -0.979. The van der Waals surface area contributed by atoms with E-state index in [0.29, 0.717) is 12.2 Å². The molecule has 1 N–H and O–H groups in total. The quantitative estimate of drug-likeness (QED) is 0.752. The van der Waals surface area contributed by atoms with Gasteiger partial charge < -0.3 is 4.98 Å². The van der Waals surface area contributed by atoms with Gasteiger partial charge in [-0.15, -0.1) is 0 Å². The van der Waals surface area contributed by atoms with Gasteiger partial charge in [0.05, 0.1) is 11.0 Å². The number of rotatable bonds is 2. The molecule has 0 saturated carbocycles. The van der Waals surface area contributed by atoms with Crippen molar-refractivity contribution in [1.82, 2.24) is 9.97 Å². The number of aromatic nitrogens is 2. The Kier molecular flexibility index (Phi) is 2.00. The molecule has 2 nitrogen and oxygen atoms in total. The number of benzene rings is 1. The van der Waals surface area contributed by atoms with E-state index in [-0.39, 0.29) is 0 Å². The summed E-state index contributed by atoms with van der Waals surface area (Å²) < 4.78 is 13.2. The lowest BCUT2D eigenvalue weighted by Gasteiger charge is -1.97. The molecule has 1 unspecified atom stereocenters. The van der Waals surface area contributed by atoms with Crippen LogP contribution in [0.25, 0.3) is 11.0 Å². The molecular weight excluding hydrogens is 167 g/mol. The zero-order valence-electron chi connectivity index (χ0n) is 7.42. The molecule has 68 valence electrons. The molecule has 1 aromatic carbocycles. The van der Waals surface area contributed by atoms with Crippen LogP contribution in [0.15, 0.2) is 24.3 Å². The summed E-state index contributed by atoms with van der Waals surface area (Å²) in [6.07, 6.45) is -0.521. The molecule has 0 radical (unpaired) electrons. The summed E-state index contributed by atoms with van der Waals surface area (Å²) in [7, 11) is 0. The van der Waals surface area contributed by atoms with Crippen LogP contribution >= 0.6 is 0 Å². The molecule has 1 atom stereocenters. The van der Waals surface area contributed by atoms with Crippen LogP contribution in [-0.4, -0.2) is 9.97 Å². The number of nitrogens with one attached hydrogen (secondary N) is 1. The van der Waals surface area contributed by atoms with Crippen molar-refractivity contribution in [3.05, 3.63) is 30.1 Å². The van der Waals surface area contributed by atoms with Gasteiger partial charge in [-0.05, 0) is 18.6 Å². The van der Waals surface area contributed by atoms with Gasteiger partial charge in [0.25, 0.3) is 0 Å². The average molecular weight is 178 g/mol. The molecular formula is C10H11FN2. The minimum absolute atomic E-state index is 0.434. The van der Waals surface area contributed by atoms with E-state index in [1.54, 1.807) is 6.92 Å². The van der Waals surface area contributed by atoms with Crippen molar-refractivity contribution >= 4 is 11.0 Å². The van der Waals surface area contributed by atoms with Crippen LogP contribution in [0.2, 0.25) is 0 Å². The second-order valence-electron chi connectivity index (χ2n) is 3.01. The minimum Gasteiger partial charge on any atom is -0.340 e.